The Kier molecular flexibility index (Phi) is 4.88. The molecule has 0 unspecified atom stereocenters. The van der Waals surface area contributed by atoms with Gasteiger partial charge in [0.1, 0.15) is 0 Å². The van der Waals surface area contributed by atoms with Crippen LogP contribution in [0.25, 0.3) is 0 Å². The Morgan fingerprint density at radius 3 is 2.56 bits per heavy atom. The predicted octanol–water partition coefficient (Wildman–Crippen LogP) is 4.62. The third kappa shape index (κ3) is 3.78. The van der Waals surface area contributed by atoms with Crippen LogP contribution in [0.2, 0.25) is 0 Å². The lowest BCUT2D eigenvalue weighted by molar-refractivity contribution is -0.137. The Morgan fingerprint density at radius 2 is 2.12 bits per heavy atom. The van der Waals surface area contributed by atoms with Gasteiger partial charge in [-0.3, -0.25) is 4.79 Å². The van der Waals surface area contributed by atoms with Gasteiger partial charge in [-0.2, -0.15) is 0 Å². The van der Waals surface area contributed by atoms with E-state index in [-0.39, 0.29) is 18.4 Å². The first kappa shape index (κ1) is 14.1. The van der Waals surface area contributed by atoms with Crippen molar-refractivity contribution in [2.24, 2.45) is 0 Å². The van der Waals surface area contributed by atoms with Crippen molar-refractivity contribution >= 4 is 49.2 Å². The maximum absolute atomic E-state index is 13.6. The summed E-state index contributed by atoms with van der Waals surface area (Å²) in [6, 6.07) is 1.36. The average Bonchev–Trinajstić information content (AvgIpc) is 2.44. The van der Waals surface area contributed by atoms with E-state index in [0.717, 1.165) is 0 Å². The number of halogens is 4. The number of carbonyl (C=O) groups is 1. The highest BCUT2D eigenvalue weighted by Crippen LogP contribution is 2.43. The second kappa shape index (κ2) is 5.55. The van der Waals surface area contributed by atoms with Crippen LogP contribution in [-0.4, -0.2) is 11.1 Å². The molecule has 0 fully saturated rings. The number of rotatable bonds is 5. The van der Waals surface area contributed by atoms with Crippen LogP contribution < -0.4 is 0 Å². The largest absolute Gasteiger partial charge is 0.481 e. The van der Waals surface area contributed by atoms with Crippen molar-refractivity contribution in [2.45, 2.75) is 25.2 Å². The molecule has 0 aromatic carbocycles. The molecule has 0 bridgehead atoms. The summed E-state index contributed by atoms with van der Waals surface area (Å²) in [6.07, 6.45) is -0.734. The molecule has 1 N–H and O–H groups in total. The maximum Gasteiger partial charge on any atom is 0.303 e. The van der Waals surface area contributed by atoms with Gasteiger partial charge in [0.05, 0.1) is 7.57 Å². The Morgan fingerprint density at radius 1 is 1.50 bits per heavy atom. The molecule has 0 aliphatic heterocycles. The molecule has 0 saturated carbocycles. The molecule has 1 rings (SSSR count). The molecule has 0 spiro atoms. The highest BCUT2D eigenvalue weighted by Gasteiger charge is 2.34. The average molecular weight is 378 g/mol. The van der Waals surface area contributed by atoms with Crippen LogP contribution in [0.5, 0.6) is 0 Å². The van der Waals surface area contributed by atoms with Crippen molar-refractivity contribution in [3.8, 4) is 0 Å². The molecule has 1 aromatic heterocycles. The van der Waals surface area contributed by atoms with E-state index in [1.54, 1.807) is 0 Å². The van der Waals surface area contributed by atoms with Crippen LogP contribution in [0.1, 0.15) is 24.8 Å². The molecule has 0 saturated heterocycles. The van der Waals surface area contributed by atoms with Crippen LogP contribution in [0.4, 0.5) is 8.78 Å². The first-order valence-corrected chi connectivity index (χ1v) is 6.78. The molecule has 16 heavy (non-hydrogen) atoms. The van der Waals surface area contributed by atoms with Gasteiger partial charge in [0.25, 0.3) is 5.92 Å². The van der Waals surface area contributed by atoms with Crippen molar-refractivity contribution in [1.82, 2.24) is 0 Å². The van der Waals surface area contributed by atoms with Crippen molar-refractivity contribution < 1.29 is 18.7 Å². The number of aliphatic carboxylic acids is 1. The van der Waals surface area contributed by atoms with Crippen molar-refractivity contribution in [1.29, 1.82) is 0 Å². The molecule has 0 aliphatic carbocycles. The van der Waals surface area contributed by atoms with Gasteiger partial charge in [0, 0.05) is 18.4 Å². The van der Waals surface area contributed by atoms with E-state index in [1.807, 2.05) is 0 Å². The third-order valence-corrected chi connectivity index (χ3v) is 4.27. The number of carboxylic acids is 1. The van der Waals surface area contributed by atoms with Crippen LogP contribution in [0.3, 0.4) is 0 Å². The molecule has 2 nitrogen and oxygen atoms in total. The second-order valence-corrected chi connectivity index (χ2v) is 6.94. The third-order valence-electron chi connectivity index (χ3n) is 1.93. The summed E-state index contributed by atoms with van der Waals surface area (Å²) in [7, 11) is 0. The Balaban J connectivity index is 2.69. The normalized spacial score (nSPS) is 11.8. The van der Waals surface area contributed by atoms with Gasteiger partial charge < -0.3 is 5.11 Å². The van der Waals surface area contributed by atoms with Crippen LogP contribution in [0, 0.1) is 0 Å². The zero-order valence-electron chi connectivity index (χ0n) is 7.97. The SMILES string of the molecule is O=C(O)CCCC(F)(F)c1cc(Br)sc1Br. The minimum absolute atomic E-state index is 0.0394. The molecule has 0 aliphatic rings. The summed E-state index contributed by atoms with van der Waals surface area (Å²) in [5.74, 6) is -4.04. The van der Waals surface area contributed by atoms with Gasteiger partial charge in [0.15, 0.2) is 0 Å². The van der Waals surface area contributed by atoms with Gasteiger partial charge in [-0.05, 0) is 44.3 Å². The van der Waals surface area contributed by atoms with E-state index in [0.29, 0.717) is 7.57 Å². The minimum Gasteiger partial charge on any atom is -0.481 e. The Labute approximate surface area is 112 Å². The molecule has 1 heterocycles. The fraction of sp³-hybridized carbons (Fsp3) is 0.444. The molecule has 0 atom stereocenters. The zero-order valence-corrected chi connectivity index (χ0v) is 12.0. The van der Waals surface area contributed by atoms with Crippen LogP contribution in [-0.2, 0) is 10.7 Å². The number of hydrogen-bond acceptors (Lipinski definition) is 2. The van der Waals surface area contributed by atoms with Gasteiger partial charge in [-0.25, -0.2) is 8.78 Å². The molecule has 1 aromatic rings. The van der Waals surface area contributed by atoms with E-state index in [4.69, 9.17) is 5.11 Å². The smallest absolute Gasteiger partial charge is 0.303 e. The lowest BCUT2D eigenvalue weighted by Gasteiger charge is -2.14. The van der Waals surface area contributed by atoms with Crippen molar-refractivity contribution in [3.05, 3.63) is 19.2 Å². The fourth-order valence-corrected chi connectivity index (χ4v) is 4.15. The monoisotopic (exact) mass is 376 g/mol. The number of alkyl halides is 2. The molecular formula is C9H8Br2F2O2S. The lowest BCUT2D eigenvalue weighted by atomic mass is 10.1. The van der Waals surface area contributed by atoms with E-state index >= 15 is 0 Å². The Bertz CT molecular complexity index is 393. The van der Waals surface area contributed by atoms with Gasteiger partial charge in [0.2, 0.25) is 0 Å². The van der Waals surface area contributed by atoms with Crippen molar-refractivity contribution in [2.75, 3.05) is 0 Å². The summed E-state index contributed by atoms with van der Waals surface area (Å²) in [6.45, 7) is 0. The first-order valence-electron chi connectivity index (χ1n) is 4.38. The molecule has 7 heteroatoms. The summed E-state index contributed by atoms with van der Waals surface area (Å²) in [5.41, 5.74) is -0.0882. The molecule has 0 radical (unpaired) electrons. The summed E-state index contributed by atoms with van der Waals surface area (Å²) in [5, 5.41) is 8.38. The number of carboxylic acid groups (broad SMARTS) is 1. The standard InChI is InChI=1S/C9H8Br2F2O2S/c10-6-4-5(8(11)16-6)9(12,13)3-1-2-7(14)15/h4H,1-3H2,(H,14,15). The van der Waals surface area contributed by atoms with Crippen LogP contribution in [0.15, 0.2) is 13.6 Å². The van der Waals surface area contributed by atoms with E-state index < -0.39 is 18.3 Å². The summed E-state index contributed by atoms with van der Waals surface area (Å²) >= 11 is 7.37. The summed E-state index contributed by atoms with van der Waals surface area (Å²) in [4.78, 5) is 10.2. The molecular weight excluding hydrogens is 370 g/mol. The van der Waals surface area contributed by atoms with E-state index in [1.165, 1.54) is 17.4 Å². The van der Waals surface area contributed by atoms with Gasteiger partial charge in [-0.1, -0.05) is 0 Å². The van der Waals surface area contributed by atoms with Gasteiger partial charge in [-0.15, -0.1) is 11.3 Å². The van der Waals surface area contributed by atoms with Crippen molar-refractivity contribution in [3.63, 3.8) is 0 Å². The highest BCUT2D eigenvalue weighted by atomic mass is 79.9. The number of hydrogen-bond donors (Lipinski definition) is 1. The van der Waals surface area contributed by atoms with Crippen LogP contribution >= 0.6 is 43.2 Å². The lowest BCUT2D eigenvalue weighted by Crippen LogP contribution is -2.13. The minimum atomic E-state index is -2.99. The zero-order chi connectivity index (χ0) is 12.3. The van der Waals surface area contributed by atoms with E-state index in [2.05, 4.69) is 31.9 Å². The number of thiophene rings is 1. The quantitative estimate of drug-likeness (QED) is 0.812. The molecule has 0 amide bonds. The summed E-state index contributed by atoms with van der Waals surface area (Å²) < 4.78 is 28.3. The topological polar surface area (TPSA) is 37.3 Å². The molecule has 90 valence electrons. The second-order valence-electron chi connectivity index (χ2n) is 3.19. The fourth-order valence-electron chi connectivity index (χ4n) is 1.19. The maximum atomic E-state index is 13.6. The highest BCUT2D eigenvalue weighted by molar-refractivity contribution is 9.12. The predicted molar refractivity (Wildman–Crippen MR) is 65.1 cm³/mol. The van der Waals surface area contributed by atoms with E-state index in [9.17, 15) is 13.6 Å². The first-order chi connectivity index (χ1) is 7.33. The Hall–Kier alpha value is -0.0100. The van der Waals surface area contributed by atoms with Gasteiger partial charge >= 0.3 is 5.97 Å².